The number of halogens is 2. The molecule has 0 amide bonds. The van der Waals surface area contributed by atoms with Gasteiger partial charge in [0.15, 0.2) is 0 Å². The maximum atomic E-state index is 13.5. The number of alkyl halides is 1. The minimum Gasteiger partial charge on any atom is -0.324 e. The van der Waals surface area contributed by atoms with Crippen LogP contribution >= 0.6 is 11.6 Å². The number of aromatic nitrogens is 2. The lowest BCUT2D eigenvalue weighted by atomic mass is 9.87. The predicted octanol–water partition coefficient (Wildman–Crippen LogP) is 4.67. The predicted molar refractivity (Wildman–Crippen MR) is 75.9 cm³/mol. The van der Waals surface area contributed by atoms with Crippen LogP contribution in [0, 0.1) is 11.7 Å². The molecule has 2 aromatic rings. The number of nitrogens with zero attached hydrogens (tertiary/aromatic N) is 2. The Morgan fingerprint density at radius 1 is 1.42 bits per heavy atom. The van der Waals surface area contributed by atoms with Gasteiger partial charge in [-0.1, -0.05) is 19.8 Å². The smallest absolute Gasteiger partial charge is 0.125 e. The summed E-state index contributed by atoms with van der Waals surface area (Å²) in [6.07, 6.45) is 4.78. The van der Waals surface area contributed by atoms with E-state index < -0.39 is 0 Å². The maximum Gasteiger partial charge on any atom is 0.125 e. The molecule has 0 radical (unpaired) electrons. The first-order chi connectivity index (χ1) is 9.19. The van der Waals surface area contributed by atoms with Gasteiger partial charge < -0.3 is 4.57 Å². The van der Waals surface area contributed by atoms with Crippen LogP contribution < -0.4 is 0 Å². The molecule has 1 fully saturated rings. The standard InChI is InChI=1S/C15H18ClFN2/c1-10-3-2-4-12(7-10)19-14-8-11(17)5-6-13(14)18-15(19)9-16/h5-6,8,10,12H,2-4,7,9H2,1H3. The Labute approximate surface area is 117 Å². The van der Waals surface area contributed by atoms with E-state index in [-0.39, 0.29) is 5.82 Å². The first kappa shape index (κ1) is 12.9. The van der Waals surface area contributed by atoms with Crippen molar-refractivity contribution in [2.24, 2.45) is 5.92 Å². The summed E-state index contributed by atoms with van der Waals surface area (Å²) in [5.74, 6) is 1.74. The molecule has 1 aromatic heterocycles. The number of hydrogen-bond acceptors (Lipinski definition) is 1. The summed E-state index contributed by atoms with van der Waals surface area (Å²) in [6, 6.07) is 5.19. The number of hydrogen-bond donors (Lipinski definition) is 0. The van der Waals surface area contributed by atoms with Crippen molar-refractivity contribution < 1.29 is 4.39 Å². The van der Waals surface area contributed by atoms with Crippen LogP contribution in [0.15, 0.2) is 18.2 Å². The fraction of sp³-hybridized carbons (Fsp3) is 0.533. The Hall–Kier alpha value is -1.09. The van der Waals surface area contributed by atoms with E-state index >= 15 is 0 Å². The first-order valence-corrected chi connectivity index (χ1v) is 7.45. The third kappa shape index (κ3) is 2.36. The molecular formula is C15H18ClFN2. The molecule has 102 valence electrons. The SMILES string of the molecule is CC1CCCC(n2c(CCl)nc3ccc(F)cc32)C1. The van der Waals surface area contributed by atoms with Gasteiger partial charge in [-0.05, 0) is 37.0 Å². The molecule has 19 heavy (non-hydrogen) atoms. The van der Waals surface area contributed by atoms with Crippen molar-refractivity contribution in [3.8, 4) is 0 Å². The normalized spacial score (nSPS) is 23.9. The molecule has 0 N–H and O–H groups in total. The molecule has 2 atom stereocenters. The summed E-state index contributed by atoms with van der Waals surface area (Å²) in [6.45, 7) is 2.28. The molecule has 1 aliphatic rings. The van der Waals surface area contributed by atoms with Crippen LogP contribution in [0.4, 0.5) is 4.39 Å². The summed E-state index contributed by atoms with van der Waals surface area (Å²) in [7, 11) is 0. The zero-order valence-electron chi connectivity index (χ0n) is 11.1. The molecule has 1 saturated carbocycles. The lowest BCUT2D eigenvalue weighted by Gasteiger charge is -2.29. The zero-order valence-corrected chi connectivity index (χ0v) is 11.8. The Balaban J connectivity index is 2.11. The third-order valence-electron chi connectivity index (χ3n) is 4.12. The summed E-state index contributed by atoms with van der Waals surface area (Å²) in [5.41, 5.74) is 1.73. The first-order valence-electron chi connectivity index (χ1n) is 6.91. The molecule has 0 spiro atoms. The molecule has 0 aliphatic heterocycles. The highest BCUT2D eigenvalue weighted by atomic mass is 35.5. The lowest BCUT2D eigenvalue weighted by molar-refractivity contribution is 0.283. The van der Waals surface area contributed by atoms with Gasteiger partial charge in [0.1, 0.15) is 11.6 Å². The van der Waals surface area contributed by atoms with Crippen molar-refractivity contribution in [3.63, 3.8) is 0 Å². The van der Waals surface area contributed by atoms with Gasteiger partial charge in [0, 0.05) is 6.04 Å². The van der Waals surface area contributed by atoms with Crippen molar-refractivity contribution >= 4 is 22.6 Å². The molecular weight excluding hydrogens is 263 g/mol. The average Bonchev–Trinajstić information content (AvgIpc) is 2.76. The van der Waals surface area contributed by atoms with Gasteiger partial charge in [-0.2, -0.15) is 0 Å². The fourth-order valence-corrected chi connectivity index (χ4v) is 3.44. The number of rotatable bonds is 2. The lowest BCUT2D eigenvalue weighted by Crippen LogP contribution is -2.19. The summed E-state index contributed by atoms with van der Waals surface area (Å²) >= 11 is 6.02. The van der Waals surface area contributed by atoms with Crippen LogP contribution in [0.3, 0.4) is 0 Å². The van der Waals surface area contributed by atoms with Crippen LogP contribution in [0.1, 0.15) is 44.5 Å². The molecule has 1 aromatic carbocycles. The molecule has 1 heterocycles. The molecule has 0 bridgehead atoms. The Morgan fingerprint density at radius 3 is 3.00 bits per heavy atom. The van der Waals surface area contributed by atoms with Crippen LogP contribution in [-0.4, -0.2) is 9.55 Å². The molecule has 4 heteroatoms. The van der Waals surface area contributed by atoms with Gasteiger partial charge in [-0.25, -0.2) is 9.37 Å². The minimum absolute atomic E-state index is 0.210. The Kier molecular flexibility index (Phi) is 3.48. The van der Waals surface area contributed by atoms with E-state index in [0.717, 1.165) is 29.7 Å². The van der Waals surface area contributed by atoms with Gasteiger partial charge in [0.25, 0.3) is 0 Å². The van der Waals surface area contributed by atoms with Crippen molar-refractivity contribution in [1.29, 1.82) is 0 Å². The second kappa shape index (κ2) is 5.12. The van der Waals surface area contributed by atoms with Crippen LogP contribution in [0.2, 0.25) is 0 Å². The third-order valence-corrected chi connectivity index (χ3v) is 4.36. The van der Waals surface area contributed by atoms with E-state index in [2.05, 4.69) is 16.5 Å². The van der Waals surface area contributed by atoms with Gasteiger partial charge in [-0.3, -0.25) is 0 Å². The van der Waals surface area contributed by atoms with E-state index in [1.807, 2.05) is 0 Å². The van der Waals surface area contributed by atoms with Gasteiger partial charge in [0.2, 0.25) is 0 Å². The highest BCUT2D eigenvalue weighted by Crippen LogP contribution is 2.35. The summed E-state index contributed by atoms with van der Waals surface area (Å²) in [4.78, 5) is 4.54. The number of fused-ring (bicyclic) bond motifs is 1. The van der Waals surface area contributed by atoms with E-state index in [1.54, 1.807) is 12.1 Å². The number of imidazole rings is 1. The second-order valence-corrected chi connectivity index (χ2v) is 5.86. The molecule has 2 nitrogen and oxygen atoms in total. The fourth-order valence-electron chi connectivity index (χ4n) is 3.25. The molecule has 2 unspecified atom stereocenters. The molecule has 1 aliphatic carbocycles. The average molecular weight is 281 g/mol. The van der Waals surface area contributed by atoms with Gasteiger partial charge in [0.05, 0.1) is 16.9 Å². The van der Waals surface area contributed by atoms with Crippen molar-refractivity contribution in [2.45, 2.75) is 44.5 Å². The van der Waals surface area contributed by atoms with E-state index in [0.29, 0.717) is 17.8 Å². The summed E-state index contributed by atoms with van der Waals surface area (Å²) in [5, 5.41) is 0. The van der Waals surface area contributed by atoms with Crippen molar-refractivity contribution in [2.75, 3.05) is 0 Å². The zero-order chi connectivity index (χ0) is 13.4. The van der Waals surface area contributed by atoms with Crippen molar-refractivity contribution in [3.05, 3.63) is 29.8 Å². The van der Waals surface area contributed by atoms with E-state index in [1.165, 1.54) is 18.9 Å². The van der Waals surface area contributed by atoms with E-state index in [4.69, 9.17) is 11.6 Å². The van der Waals surface area contributed by atoms with Gasteiger partial charge >= 0.3 is 0 Å². The second-order valence-electron chi connectivity index (χ2n) is 5.59. The summed E-state index contributed by atoms with van der Waals surface area (Å²) < 4.78 is 15.7. The highest BCUT2D eigenvalue weighted by Gasteiger charge is 2.24. The maximum absolute atomic E-state index is 13.5. The topological polar surface area (TPSA) is 17.8 Å². The Bertz CT molecular complexity index is 593. The van der Waals surface area contributed by atoms with Crippen molar-refractivity contribution in [1.82, 2.24) is 9.55 Å². The Morgan fingerprint density at radius 2 is 2.26 bits per heavy atom. The minimum atomic E-state index is -0.210. The largest absolute Gasteiger partial charge is 0.324 e. The number of benzene rings is 1. The van der Waals surface area contributed by atoms with E-state index in [9.17, 15) is 4.39 Å². The quantitative estimate of drug-likeness (QED) is 0.731. The van der Waals surface area contributed by atoms with Crippen LogP contribution in [-0.2, 0) is 5.88 Å². The highest BCUT2D eigenvalue weighted by molar-refractivity contribution is 6.16. The van der Waals surface area contributed by atoms with Gasteiger partial charge in [-0.15, -0.1) is 11.6 Å². The van der Waals surface area contributed by atoms with Crippen LogP contribution in [0.5, 0.6) is 0 Å². The van der Waals surface area contributed by atoms with Crippen LogP contribution in [0.25, 0.3) is 11.0 Å². The molecule has 0 saturated heterocycles. The molecule has 3 rings (SSSR count). The monoisotopic (exact) mass is 280 g/mol.